The molecular weight excluding hydrogens is 258 g/mol. The van der Waals surface area contributed by atoms with Gasteiger partial charge in [0.15, 0.2) is 0 Å². The Morgan fingerprint density at radius 2 is 1.93 bits per heavy atom. The molecule has 1 aromatic rings. The number of aromatic nitrogens is 2. The third-order valence-electron chi connectivity index (χ3n) is 1.01. The van der Waals surface area contributed by atoms with E-state index in [0.29, 0.717) is 0 Å². The monoisotopic (exact) mass is 262 g/mol. The minimum atomic E-state index is -0.724. The predicted molar refractivity (Wildman–Crippen MR) is 42.3 cm³/mol. The molecule has 0 aromatic carbocycles. The van der Waals surface area contributed by atoms with Crippen LogP contribution in [0.5, 0.6) is 5.88 Å². The number of aromatic hydroxyl groups is 1. The molecule has 6 nitrogen and oxygen atoms in total. The maximum atomic E-state index is 10.9. The van der Waals surface area contributed by atoms with Crippen LogP contribution in [0.1, 0.15) is 0 Å². The summed E-state index contributed by atoms with van der Waals surface area (Å²) in [6.45, 7) is 0. The summed E-state index contributed by atoms with van der Waals surface area (Å²) >= 11 is 4.48. The molecule has 1 aromatic heterocycles. The van der Waals surface area contributed by atoms with Crippen LogP contribution in [-0.4, -0.2) is 12.2 Å². The van der Waals surface area contributed by atoms with E-state index in [4.69, 9.17) is 5.11 Å². The number of nitrogens with zero attached hydrogens (tertiary/aromatic N) is 4. The Hall–Kier alpha value is 1.77. The molecule has 0 spiro atoms. The molecule has 1 rings (SSSR count). The molecule has 0 saturated carbocycles. The summed E-state index contributed by atoms with van der Waals surface area (Å²) in [4.78, 5) is 17.6. The van der Waals surface area contributed by atoms with Crippen LogP contribution in [0, 0.1) is 4.77 Å². The topological polar surface area (TPSA) is 90.2 Å². The quantitative estimate of drug-likeness (QED) is 0.309. The van der Waals surface area contributed by atoms with Crippen molar-refractivity contribution in [2.45, 2.75) is 0 Å². The summed E-state index contributed by atoms with van der Waals surface area (Å²) in [5, 5.41) is 15.7. The van der Waals surface area contributed by atoms with Crippen molar-refractivity contribution in [2.75, 3.05) is 7.05 Å². The summed E-state index contributed by atoms with van der Waals surface area (Å²) in [7, 11) is 1.36. The van der Waals surface area contributed by atoms with E-state index in [1.165, 1.54) is 7.05 Å². The fourth-order valence-electron chi connectivity index (χ4n) is 0.592. The SMILES string of the molecule is CN=Nc1c(O)[n-]c(=S)[n-]c1=O.[K+].[K+]. The van der Waals surface area contributed by atoms with Crippen LogP contribution in [0.15, 0.2) is 15.0 Å². The van der Waals surface area contributed by atoms with Crippen LogP contribution in [0.2, 0.25) is 0 Å². The van der Waals surface area contributed by atoms with Crippen molar-refractivity contribution in [1.29, 1.82) is 0 Å². The summed E-state index contributed by atoms with van der Waals surface area (Å²) in [6.07, 6.45) is 0. The molecule has 0 unspecified atom stereocenters. The molecule has 0 aliphatic heterocycles. The first-order chi connectivity index (χ1) is 5.65. The summed E-state index contributed by atoms with van der Waals surface area (Å²) in [5.74, 6) is -0.536. The molecule has 0 aliphatic carbocycles. The Morgan fingerprint density at radius 3 is 2.36 bits per heavy atom. The molecule has 14 heavy (non-hydrogen) atoms. The first-order valence-electron chi connectivity index (χ1n) is 2.90. The molecule has 1 N–H and O–H groups in total. The molecule has 0 saturated heterocycles. The van der Waals surface area contributed by atoms with Crippen molar-refractivity contribution in [3.63, 3.8) is 0 Å². The van der Waals surface area contributed by atoms with Gasteiger partial charge in [-0.15, -0.1) is 12.2 Å². The molecule has 9 heteroatoms. The van der Waals surface area contributed by atoms with E-state index in [0.717, 1.165) is 0 Å². The van der Waals surface area contributed by atoms with Gasteiger partial charge < -0.3 is 19.9 Å². The van der Waals surface area contributed by atoms with E-state index in [2.05, 4.69) is 32.4 Å². The van der Waals surface area contributed by atoms with E-state index in [9.17, 15) is 4.79 Å². The molecule has 1 heterocycles. The Balaban J connectivity index is 0. The number of hydrogen-bond acceptors (Lipinski definition) is 5. The van der Waals surface area contributed by atoms with Gasteiger partial charge >= 0.3 is 103 Å². The second-order valence-corrected chi connectivity index (χ2v) is 2.15. The second kappa shape index (κ2) is 8.87. The van der Waals surface area contributed by atoms with Crippen molar-refractivity contribution in [3.8, 4) is 5.88 Å². The van der Waals surface area contributed by atoms with Crippen molar-refractivity contribution >= 4 is 17.9 Å². The first kappa shape index (κ1) is 18.1. The van der Waals surface area contributed by atoms with Crippen LogP contribution in [0.25, 0.3) is 0 Å². The first-order valence-corrected chi connectivity index (χ1v) is 3.31. The van der Waals surface area contributed by atoms with Crippen molar-refractivity contribution in [3.05, 3.63) is 15.1 Å². The van der Waals surface area contributed by atoms with E-state index in [1.807, 2.05) is 0 Å². The third kappa shape index (κ3) is 5.21. The van der Waals surface area contributed by atoms with E-state index in [-0.39, 0.29) is 113 Å². The van der Waals surface area contributed by atoms with Crippen LogP contribution in [0.3, 0.4) is 0 Å². The predicted octanol–water partition coefficient (Wildman–Crippen LogP) is -5.88. The van der Waals surface area contributed by atoms with Crippen molar-refractivity contribution in [1.82, 2.24) is 9.97 Å². The Bertz CT molecular complexity index is 426. The molecule has 0 atom stereocenters. The van der Waals surface area contributed by atoms with Crippen LogP contribution in [-0.2, 0) is 0 Å². The molecule has 64 valence electrons. The Kier molecular flexibility index (Phi) is 11.5. The van der Waals surface area contributed by atoms with Gasteiger partial charge in [-0.1, -0.05) is 0 Å². The number of rotatable bonds is 1. The number of hydrogen-bond donors (Lipinski definition) is 1. The van der Waals surface area contributed by atoms with Gasteiger partial charge in [0.25, 0.3) is 0 Å². The average Bonchev–Trinajstić information content (AvgIpc) is 1.96. The zero-order chi connectivity index (χ0) is 9.14. The van der Waals surface area contributed by atoms with Gasteiger partial charge in [0.1, 0.15) is 11.2 Å². The van der Waals surface area contributed by atoms with Crippen molar-refractivity contribution in [2.24, 2.45) is 10.2 Å². The van der Waals surface area contributed by atoms with E-state index in [1.54, 1.807) is 0 Å². The van der Waals surface area contributed by atoms with Gasteiger partial charge in [-0.3, -0.25) is 0 Å². The molecule has 0 bridgehead atoms. The van der Waals surface area contributed by atoms with Crippen LogP contribution < -0.4 is 118 Å². The maximum absolute atomic E-state index is 10.9. The van der Waals surface area contributed by atoms with Gasteiger partial charge in [-0.25, -0.2) is 0 Å². The third-order valence-corrected chi connectivity index (χ3v) is 1.20. The zero-order valence-corrected chi connectivity index (χ0v) is 15.1. The smallest absolute Gasteiger partial charge is 0.636 e. The zero-order valence-electron chi connectivity index (χ0n) is 8.05. The standard InChI is InChI=1S/C5H6N4O2S.2K/c1-6-9-2-3(10)7-5(12)8-4(2)11;;/h1H3,(H3,6,7,8,10,11,12);;/q;2*+1/p-2. The van der Waals surface area contributed by atoms with Gasteiger partial charge in [0.05, 0.1) is 0 Å². The van der Waals surface area contributed by atoms with Gasteiger partial charge in [0.2, 0.25) is 0 Å². The fourth-order valence-corrected chi connectivity index (χ4v) is 0.761. The maximum Gasteiger partial charge on any atom is 1.00 e. The van der Waals surface area contributed by atoms with E-state index < -0.39 is 11.4 Å². The average molecular weight is 262 g/mol. The summed E-state index contributed by atoms with van der Waals surface area (Å²) in [6, 6.07) is 0. The molecule has 0 aliphatic rings. The Labute approximate surface area is 170 Å². The molecule has 0 radical (unpaired) electrons. The normalized spacial score (nSPS) is 9.21. The summed E-state index contributed by atoms with van der Waals surface area (Å²) < 4.78 is -0.201. The minimum Gasteiger partial charge on any atom is -0.636 e. The second-order valence-electron chi connectivity index (χ2n) is 1.78. The fraction of sp³-hybridized carbons (Fsp3) is 0.200. The molecule has 0 fully saturated rings. The summed E-state index contributed by atoms with van der Waals surface area (Å²) in [5.41, 5.74) is -1.01. The minimum absolute atomic E-state index is 0. The van der Waals surface area contributed by atoms with Gasteiger partial charge in [-0.2, -0.15) is 15.0 Å². The van der Waals surface area contributed by atoms with Crippen LogP contribution >= 0.6 is 12.2 Å². The van der Waals surface area contributed by atoms with Crippen LogP contribution in [0.4, 0.5) is 5.69 Å². The Morgan fingerprint density at radius 1 is 1.36 bits per heavy atom. The largest absolute Gasteiger partial charge is 1.00 e. The van der Waals surface area contributed by atoms with E-state index >= 15 is 0 Å². The molecular formula is C5H4K2N4O2S. The van der Waals surface area contributed by atoms with Crippen molar-refractivity contribution < 1.29 is 108 Å². The number of azo groups is 1. The van der Waals surface area contributed by atoms with Gasteiger partial charge in [0, 0.05) is 12.9 Å². The van der Waals surface area contributed by atoms with Gasteiger partial charge in [-0.05, 0) is 0 Å². The molecule has 0 amide bonds.